The molecule has 7 rings (SSSR count). The number of nitrogens with zero attached hydrogens (tertiary/aromatic N) is 2. The monoisotopic (exact) mass is 1090 g/mol. The zero-order chi connectivity index (χ0) is 55.3. The second kappa shape index (κ2) is 22.7. The predicted molar refractivity (Wildman–Crippen MR) is 296 cm³/mol. The van der Waals surface area contributed by atoms with Gasteiger partial charge >= 0.3 is 17.5 Å². The maximum Gasteiger partial charge on any atom is 0.337 e. The van der Waals surface area contributed by atoms with Crippen LogP contribution in [0.1, 0.15) is 61.8 Å². The Kier molecular flexibility index (Phi) is 17.0. The highest BCUT2D eigenvalue weighted by Crippen LogP contribution is 2.42. The lowest BCUT2D eigenvalue weighted by molar-refractivity contribution is -0.178. The van der Waals surface area contributed by atoms with Crippen molar-refractivity contribution in [2.75, 3.05) is 20.0 Å². The van der Waals surface area contributed by atoms with E-state index in [0.717, 1.165) is 43.8 Å². The third-order valence-electron chi connectivity index (χ3n) is 13.4. The molecule has 0 N–H and O–H groups in total. The molecular formula is C59H64F2N2O10SSi2. The van der Waals surface area contributed by atoms with E-state index in [0.29, 0.717) is 5.56 Å². The molecule has 17 heteroatoms. The number of benzene rings is 6. The van der Waals surface area contributed by atoms with Crippen LogP contribution in [0.2, 0.25) is 10.1 Å². The number of sulfone groups is 1. The van der Waals surface area contributed by atoms with Crippen molar-refractivity contribution in [1.82, 2.24) is 9.78 Å². The van der Waals surface area contributed by atoms with Crippen LogP contribution in [0.3, 0.4) is 0 Å². The van der Waals surface area contributed by atoms with Gasteiger partial charge in [0.2, 0.25) is 0 Å². The van der Waals surface area contributed by atoms with E-state index in [2.05, 4.69) is 25.9 Å². The van der Waals surface area contributed by atoms with Gasteiger partial charge in [-0.2, -0.15) is 9.78 Å². The summed E-state index contributed by atoms with van der Waals surface area (Å²) in [7, 11) is -9.76. The Morgan fingerprint density at radius 2 is 1.05 bits per heavy atom. The number of carbonyl (C=O) groups excluding carboxylic acids is 2. The Labute approximate surface area is 445 Å². The van der Waals surface area contributed by atoms with Gasteiger partial charge in [0.05, 0.1) is 30.5 Å². The van der Waals surface area contributed by atoms with Crippen LogP contribution >= 0.6 is 0 Å². The highest BCUT2D eigenvalue weighted by atomic mass is 32.2. The van der Waals surface area contributed by atoms with E-state index >= 15 is 4.79 Å². The lowest BCUT2D eigenvalue weighted by atomic mass is 10.1. The largest absolute Gasteiger partial charge is 0.487 e. The first-order valence-electron chi connectivity index (χ1n) is 24.7. The Hall–Kier alpha value is -6.90. The minimum atomic E-state index is -3.74. The zero-order valence-electron chi connectivity index (χ0n) is 44.4. The van der Waals surface area contributed by atoms with Crippen LogP contribution in [0.4, 0.5) is 8.78 Å². The van der Waals surface area contributed by atoms with Crippen molar-refractivity contribution in [2.24, 2.45) is 0 Å². The molecule has 0 aliphatic carbocycles. The number of methoxy groups -OCH3 is 1. The van der Waals surface area contributed by atoms with Gasteiger partial charge in [0, 0.05) is 24.3 Å². The topological polar surface area (TPSA) is 149 Å². The quantitative estimate of drug-likeness (QED) is 0.0566. The van der Waals surface area contributed by atoms with Crippen molar-refractivity contribution in [3.05, 3.63) is 192 Å². The molecule has 1 aromatic heterocycles. The molecule has 12 nitrogen and oxygen atoms in total. The third-order valence-corrected chi connectivity index (χ3v) is 24.5. The molecule has 2 unspecified atom stereocenters. The SMILES string of the molecule is COC(=O)C(O[Si](c1ccccc1)(c1ccccc1)C(C)(C)C)C(O[Si](c1ccccc1)(c1ccccc1)C(C)(C)C)C(=O)OC(C)(C)CCOc1c(-c2ccc(S(C)(=O)=O)cc2)cnn(-c2ccc(F)c(F)c2)c1=O. The Bertz CT molecular complexity index is 3240. The molecule has 0 aliphatic heterocycles. The Morgan fingerprint density at radius 3 is 1.45 bits per heavy atom. The van der Waals surface area contributed by atoms with Crippen LogP contribution in [0, 0.1) is 11.6 Å². The summed E-state index contributed by atoms with van der Waals surface area (Å²) in [6.45, 7) is 15.4. The fraction of sp³-hybridized carbons (Fsp3) is 0.288. The predicted octanol–water partition coefficient (Wildman–Crippen LogP) is 8.74. The molecule has 0 saturated heterocycles. The van der Waals surface area contributed by atoms with E-state index in [9.17, 15) is 26.8 Å². The molecule has 0 aliphatic rings. The number of hydrogen-bond acceptors (Lipinski definition) is 11. The fourth-order valence-corrected chi connectivity index (χ4v) is 19.5. The summed E-state index contributed by atoms with van der Waals surface area (Å²) < 4.78 is 87.8. The molecule has 0 amide bonds. The first-order chi connectivity index (χ1) is 35.8. The Morgan fingerprint density at radius 1 is 0.618 bits per heavy atom. The van der Waals surface area contributed by atoms with Gasteiger partial charge in [0.15, 0.2) is 39.4 Å². The van der Waals surface area contributed by atoms with Gasteiger partial charge in [-0.3, -0.25) is 4.79 Å². The number of aromatic nitrogens is 2. The summed E-state index contributed by atoms with van der Waals surface area (Å²) in [5.41, 5.74) is -1.81. The highest BCUT2D eigenvalue weighted by molar-refractivity contribution is 7.90. The molecule has 76 heavy (non-hydrogen) atoms. The van der Waals surface area contributed by atoms with Crippen molar-refractivity contribution in [1.29, 1.82) is 0 Å². The van der Waals surface area contributed by atoms with Crippen molar-refractivity contribution < 1.29 is 49.9 Å². The minimum absolute atomic E-state index is 0.0361. The lowest BCUT2D eigenvalue weighted by Gasteiger charge is -2.48. The minimum Gasteiger partial charge on any atom is -0.487 e. The van der Waals surface area contributed by atoms with Crippen LogP contribution in [0.5, 0.6) is 5.75 Å². The normalized spacial score (nSPS) is 13.4. The molecule has 0 radical (unpaired) electrons. The van der Waals surface area contributed by atoms with Crippen LogP contribution in [-0.2, 0) is 37.8 Å². The number of rotatable bonds is 19. The first-order valence-corrected chi connectivity index (χ1v) is 30.4. The number of ether oxygens (including phenoxy) is 3. The first kappa shape index (κ1) is 56.8. The van der Waals surface area contributed by atoms with Crippen LogP contribution in [-0.4, -0.2) is 84.6 Å². The van der Waals surface area contributed by atoms with Gasteiger partial charge in [-0.15, -0.1) is 0 Å². The zero-order valence-corrected chi connectivity index (χ0v) is 47.2. The number of esters is 2. The lowest BCUT2D eigenvalue weighted by Crippen LogP contribution is -2.72. The molecule has 7 aromatic rings. The van der Waals surface area contributed by atoms with Crippen molar-refractivity contribution in [3.8, 4) is 22.6 Å². The summed E-state index contributed by atoms with van der Waals surface area (Å²) in [5.74, 6) is -4.38. The smallest absolute Gasteiger partial charge is 0.337 e. The molecular weight excluding hydrogens is 1020 g/mol. The molecule has 2 atom stereocenters. The molecule has 1 heterocycles. The maximum absolute atomic E-state index is 15.8. The van der Waals surface area contributed by atoms with Crippen molar-refractivity contribution >= 4 is 59.2 Å². The fourth-order valence-electron chi connectivity index (χ4n) is 9.59. The summed E-state index contributed by atoms with van der Waals surface area (Å²) >= 11 is 0. The summed E-state index contributed by atoms with van der Waals surface area (Å²) in [6.07, 6.45) is -1.16. The molecule has 0 bridgehead atoms. The Balaban J connectivity index is 1.34. The van der Waals surface area contributed by atoms with E-state index in [4.69, 9.17) is 23.1 Å². The average Bonchev–Trinajstić information content (AvgIpc) is 3.44. The van der Waals surface area contributed by atoms with E-state index in [1.54, 1.807) is 13.8 Å². The van der Waals surface area contributed by atoms with E-state index < -0.39 is 83.5 Å². The highest BCUT2D eigenvalue weighted by Gasteiger charge is 2.59. The van der Waals surface area contributed by atoms with Crippen molar-refractivity contribution in [2.45, 2.75) is 94.6 Å². The van der Waals surface area contributed by atoms with Gasteiger partial charge in [-0.1, -0.05) is 175 Å². The van der Waals surface area contributed by atoms with Crippen LogP contribution < -0.4 is 31.0 Å². The number of carbonyl (C=O) groups is 2. The summed E-state index contributed by atoms with van der Waals surface area (Å²) in [4.78, 5) is 45.1. The van der Waals surface area contributed by atoms with Gasteiger partial charge in [0.25, 0.3) is 16.6 Å². The second-order valence-corrected chi connectivity index (χ2v) is 31.7. The van der Waals surface area contributed by atoms with Gasteiger partial charge in [0.1, 0.15) is 5.60 Å². The van der Waals surface area contributed by atoms with Gasteiger partial charge < -0.3 is 23.1 Å². The van der Waals surface area contributed by atoms with Crippen LogP contribution in [0.25, 0.3) is 16.8 Å². The van der Waals surface area contributed by atoms with Gasteiger partial charge in [-0.05, 0) is 74.5 Å². The standard InChI is InChI=1S/C59H64F2N2O10SSi2/c1-57(2,3)75(44-23-15-11-16-24-44,45-25-17-12-18-26-45)72-52(55(65)69-9)53(73-76(58(4,5)6,46-27-19-13-20-28-46)47-29-21-14-22-30-47)56(66)71-59(7,8)37-38-70-51-48(41-31-34-43(35-32-41)74(10,67)68)40-62-63(54(51)64)42-33-36-49(60)50(61)39-42/h11-36,39-40,52-53H,37-38H2,1-10H3. The molecule has 0 spiro atoms. The number of halogens is 2. The van der Waals surface area contributed by atoms with Crippen LogP contribution in [0.15, 0.2) is 180 Å². The van der Waals surface area contributed by atoms with E-state index in [1.165, 1.54) is 43.6 Å². The van der Waals surface area contributed by atoms with E-state index in [1.807, 2.05) is 142 Å². The number of hydrogen-bond donors (Lipinski definition) is 0. The molecule has 0 fully saturated rings. The molecule has 0 saturated carbocycles. The van der Waals surface area contributed by atoms with Crippen molar-refractivity contribution in [3.63, 3.8) is 0 Å². The second-order valence-electron chi connectivity index (χ2n) is 21.2. The van der Waals surface area contributed by atoms with Gasteiger partial charge in [-0.25, -0.2) is 26.8 Å². The average molecular weight is 1090 g/mol. The molecule has 398 valence electrons. The maximum atomic E-state index is 15.8. The summed E-state index contributed by atoms with van der Waals surface area (Å²) in [6, 6.07) is 47.3. The van der Waals surface area contributed by atoms with E-state index in [-0.39, 0.29) is 34.9 Å². The summed E-state index contributed by atoms with van der Waals surface area (Å²) in [5, 5.41) is 6.18. The third kappa shape index (κ3) is 11.9. The molecule has 6 aromatic carbocycles.